The molecule has 2 aromatic carbocycles. The van der Waals surface area contributed by atoms with Gasteiger partial charge in [-0.2, -0.15) is 0 Å². The Balaban J connectivity index is 2.02. The van der Waals surface area contributed by atoms with Gasteiger partial charge in [0.25, 0.3) is 5.56 Å². The first-order valence-corrected chi connectivity index (χ1v) is 8.82. The lowest BCUT2D eigenvalue weighted by atomic mass is 10.1. The highest BCUT2D eigenvalue weighted by molar-refractivity contribution is 7.98. The predicted octanol–water partition coefficient (Wildman–Crippen LogP) is 3.17. The van der Waals surface area contributed by atoms with Crippen molar-refractivity contribution in [2.75, 3.05) is 7.11 Å². The normalized spacial score (nSPS) is 10.8. The minimum atomic E-state index is -0.475. The lowest BCUT2D eigenvalue weighted by molar-refractivity contribution is -0.141. The summed E-state index contributed by atoms with van der Waals surface area (Å²) in [7, 11) is 1.31. The van der Waals surface area contributed by atoms with Crippen LogP contribution in [0.4, 0.5) is 0 Å². The lowest BCUT2D eigenvalue weighted by Crippen LogP contribution is -2.27. The standard InChI is InChI=1S/C19H18N2O3S/c1-13-7-3-4-8-14(13)12-25-19-20-16-10-6-5-9-15(16)18(23)21(19)11-17(22)24-2/h3-10H,11-12H2,1-2H3. The van der Waals surface area contributed by atoms with Crippen LogP contribution in [0.15, 0.2) is 58.5 Å². The molecule has 0 radical (unpaired) electrons. The first kappa shape index (κ1) is 17.2. The Morgan fingerprint density at radius 2 is 1.88 bits per heavy atom. The first-order valence-electron chi connectivity index (χ1n) is 7.84. The number of fused-ring (bicyclic) bond motifs is 1. The average Bonchev–Trinajstić information content (AvgIpc) is 2.63. The molecule has 3 rings (SSSR count). The Morgan fingerprint density at radius 3 is 2.64 bits per heavy atom. The highest BCUT2D eigenvalue weighted by atomic mass is 32.2. The first-order chi connectivity index (χ1) is 12.1. The van der Waals surface area contributed by atoms with Gasteiger partial charge in [-0.05, 0) is 30.2 Å². The molecule has 1 aromatic heterocycles. The van der Waals surface area contributed by atoms with Gasteiger partial charge in [0, 0.05) is 5.75 Å². The van der Waals surface area contributed by atoms with Crippen LogP contribution in [-0.2, 0) is 21.8 Å². The number of carbonyl (C=O) groups excluding carboxylic acids is 1. The topological polar surface area (TPSA) is 61.2 Å². The summed E-state index contributed by atoms with van der Waals surface area (Å²) in [5, 5.41) is 1.00. The van der Waals surface area contributed by atoms with Gasteiger partial charge >= 0.3 is 5.97 Å². The summed E-state index contributed by atoms with van der Waals surface area (Å²) in [6.07, 6.45) is 0. The van der Waals surface area contributed by atoms with Gasteiger partial charge in [-0.15, -0.1) is 0 Å². The highest BCUT2D eigenvalue weighted by Crippen LogP contribution is 2.23. The molecule has 128 valence electrons. The number of nitrogens with zero attached hydrogens (tertiary/aromatic N) is 2. The second-order valence-corrected chi connectivity index (χ2v) is 6.54. The van der Waals surface area contributed by atoms with Crippen LogP contribution in [0.25, 0.3) is 10.9 Å². The Labute approximate surface area is 149 Å². The summed E-state index contributed by atoms with van der Waals surface area (Å²) in [6.45, 7) is 1.90. The molecule has 25 heavy (non-hydrogen) atoms. The average molecular weight is 354 g/mol. The van der Waals surface area contributed by atoms with Crippen molar-refractivity contribution in [1.29, 1.82) is 0 Å². The smallest absolute Gasteiger partial charge is 0.325 e. The summed E-state index contributed by atoms with van der Waals surface area (Å²) >= 11 is 1.44. The van der Waals surface area contributed by atoms with Crippen molar-refractivity contribution in [2.24, 2.45) is 0 Å². The third-order valence-electron chi connectivity index (χ3n) is 3.96. The zero-order chi connectivity index (χ0) is 17.8. The molecule has 0 unspecified atom stereocenters. The number of aromatic nitrogens is 2. The number of esters is 1. The van der Waals surface area contributed by atoms with E-state index in [0.29, 0.717) is 21.8 Å². The number of ether oxygens (including phenoxy) is 1. The van der Waals surface area contributed by atoms with E-state index in [4.69, 9.17) is 4.74 Å². The molecule has 0 aliphatic heterocycles. The number of hydrogen-bond acceptors (Lipinski definition) is 5. The molecular formula is C19H18N2O3S. The molecular weight excluding hydrogens is 336 g/mol. The number of para-hydroxylation sites is 1. The molecule has 0 saturated carbocycles. The number of aryl methyl sites for hydroxylation is 1. The van der Waals surface area contributed by atoms with Crippen molar-refractivity contribution in [3.63, 3.8) is 0 Å². The van der Waals surface area contributed by atoms with Crippen LogP contribution in [0.3, 0.4) is 0 Å². The Bertz CT molecular complexity index is 982. The molecule has 0 aliphatic rings. The zero-order valence-corrected chi connectivity index (χ0v) is 14.9. The van der Waals surface area contributed by atoms with E-state index in [9.17, 15) is 9.59 Å². The fraction of sp³-hybridized carbons (Fsp3) is 0.211. The molecule has 0 aliphatic carbocycles. The third-order valence-corrected chi connectivity index (χ3v) is 4.98. The number of carbonyl (C=O) groups is 1. The number of hydrogen-bond donors (Lipinski definition) is 0. The van der Waals surface area contributed by atoms with Gasteiger partial charge in [0.15, 0.2) is 5.16 Å². The van der Waals surface area contributed by atoms with E-state index >= 15 is 0 Å². The summed E-state index contributed by atoms with van der Waals surface area (Å²) in [5.74, 6) is 0.190. The molecule has 0 N–H and O–H groups in total. The molecule has 0 saturated heterocycles. The number of methoxy groups -OCH3 is 1. The molecule has 6 heteroatoms. The lowest BCUT2D eigenvalue weighted by Gasteiger charge is -2.12. The minimum absolute atomic E-state index is 0.150. The zero-order valence-electron chi connectivity index (χ0n) is 14.1. The van der Waals surface area contributed by atoms with Crippen LogP contribution >= 0.6 is 11.8 Å². The molecule has 0 atom stereocenters. The van der Waals surface area contributed by atoms with Crippen molar-refractivity contribution >= 4 is 28.6 Å². The molecule has 1 heterocycles. The Morgan fingerprint density at radius 1 is 1.16 bits per heavy atom. The van der Waals surface area contributed by atoms with Gasteiger partial charge < -0.3 is 4.74 Å². The highest BCUT2D eigenvalue weighted by Gasteiger charge is 2.15. The maximum Gasteiger partial charge on any atom is 0.325 e. The Hall–Kier alpha value is -2.60. The second kappa shape index (κ2) is 7.53. The maximum absolute atomic E-state index is 12.8. The van der Waals surface area contributed by atoms with Gasteiger partial charge in [0.05, 0.1) is 18.0 Å². The molecule has 5 nitrogen and oxygen atoms in total. The third kappa shape index (κ3) is 3.74. The van der Waals surface area contributed by atoms with E-state index in [2.05, 4.69) is 4.98 Å². The van der Waals surface area contributed by atoms with Crippen LogP contribution in [-0.4, -0.2) is 22.6 Å². The molecule has 0 amide bonds. The molecule has 0 fully saturated rings. The summed E-state index contributed by atoms with van der Waals surface area (Å²) in [6, 6.07) is 15.2. The van der Waals surface area contributed by atoms with E-state index in [-0.39, 0.29) is 12.1 Å². The quantitative estimate of drug-likeness (QED) is 0.400. The van der Waals surface area contributed by atoms with E-state index in [1.54, 1.807) is 18.2 Å². The van der Waals surface area contributed by atoms with E-state index in [0.717, 1.165) is 0 Å². The number of thioether (sulfide) groups is 1. The largest absolute Gasteiger partial charge is 0.468 e. The fourth-order valence-corrected chi connectivity index (χ4v) is 3.58. The summed E-state index contributed by atoms with van der Waals surface area (Å²) < 4.78 is 6.11. The Kier molecular flexibility index (Phi) is 5.19. The monoisotopic (exact) mass is 354 g/mol. The predicted molar refractivity (Wildman–Crippen MR) is 98.8 cm³/mol. The van der Waals surface area contributed by atoms with Crippen LogP contribution in [0.1, 0.15) is 11.1 Å². The van der Waals surface area contributed by atoms with E-state index in [1.807, 2.05) is 37.3 Å². The fourth-order valence-electron chi connectivity index (χ4n) is 2.51. The molecule has 0 spiro atoms. The maximum atomic E-state index is 12.8. The van der Waals surface area contributed by atoms with Gasteiger partial charge in [0.1, 0.15) is 6.54 Å². The van der Waals surface area contributed by atoms with E-state index < -0.39 is 5.97 Å². The van der Waals surface area contributed by atoms with Gasteiger partial charge in [-0.1, -0.05) is 48.2 Å². The van der Waals surface area contributed by atoms with Crippen LogP contribution in [0.5, 0.6) is 0 Å². The summed E-state index contributed by atoms with van der Waals surface area (Å²) in [4.78, 5) is 29.1. The second-order valence-electron chi connectivity index (χ2n) is 5.59. The van der Waals surface area contributed by atoms with Gasteiger partial charge in [0.2, 0.25) is 0 Å². The van der Waals surface area contributed by atoms with Gasteiger partial charge in [-0.25, -0.2) is 4.98 Å². The van der Waals surface area contributed by atoms with Crippen molar-refractivity contribution in [1.82, 2.24) is 9.55 Å². The van der Waals surface area contributed by atoms with Crippen molar-refractivity contribution in [2.45, 2.75) is 24.4 Å². The van der Waals surface area contributed by atoms with Crippen LogP contribution in [0.2, 0.25) is 0 Å². The van der Waals surface area contributed by atoms with Crippen LogP contribution < -0.4 is 5.56 Å². The van der Waals surface area contributed by atoms with E-state index in [1.165, 1.54) is 34.6 Å². The minimum Gasteiger partial charge on any atom is -0.468 e. The van der Waals surface area contributed by atoms with Crippen molar-refractivity contribution < 1.29 is 9.53 Å². The summed E-state index contributed by atoms with van der Waals surface area (Å²) in [5.41, 5.74) is 2.74. The van der Waals surface area contributed by atoms with Gasteiger partial charge in [-0.3, -0.25) is 14.2 Å². The molecule has 3 aromatic rings. The van der Waals surface area contributed by atoms with Crippen LogP contribution in [0, 0.1) is 6.92 Å². The van der Waals surface area contributed by atoms with Crippen molar-refractivity contribution in [3.05, 3.63) is 70.0 Å². The molecule has 0 bridgehead atoms. The number of rotatable bonds is 5. The SMILES string of the molecule is COC(=O)Cn1c(SCc2ccccc2C)nc2ccccc2c1=O. The van der Waals surface area contributed by atoms with Crippen molar-refractivity contribution in [3.8, 4) is 0 Å². The number of benzene rings is 2.